The first-order chi connectivity index (χ1) is 13.0. The molecule has 2 rings (SSSR count). The highest BCUT2D eigenvalue weighted by Crippen LogP contribution is 2.29. The molecule has 0 unspecified atom stereocenters. The van der Waals surface area contributed by atoms with Crippen LogP contribution in [0.1, 0.15) is 58.9 Å². The van der Waals surface area contributed by atoms with Crippen LogP contribution in [0.2, 0.25) is 0 Å². The van der Waals surface area contributed by atoms with Gasteiger partial charge in [-0.25, -0.2) is 4.79 Å². The van der Waals surface area contributed by atoms with Crippen LogP contribution in [0.15, 0.2) is 28.7 Å². The largest absolute Gasteiger partial charge is 0.490 e. The highest BCUT2D eigenvalue weighted by atomic mass is 16.5. The molecule has 1 aromatic heterocycles. The fourth-order valence-corrected chi connectivity index (χ4v) is 2.48. The van der Waals surface area contributed by atoms with E-state index in [1.807, 2.05) is 6.92 Å². The van der Waals surface area contributed by atoms with Crippen LogP contribution >= 0.6 is 0 Å². The maximum Gasteiger partial charge on any atom is 0.339 e. The quantitative estimate of drug-likeness (QED) is 0.613. The molecule has 27 heavy (non-hydrogen) atoms. The Morgan fingerprint density at radius 2 is 1.93 bits per heavy atom. The molecule has 0 bridgehead atoms. The fraction of sp³-hybridized carbons (Fsp3) is 0.400. The van der Waals surface area contributed by atoms with Crippen LogP contribution in [0.3, 0.4) is 0 Å². The van der Waals surface area contributed by atoms with Gasteiger partial charge in [0.05, 0.1) is 19.8 Å². The summed E-state index contributed by atoms with van der Waals surface area (Å²) >= 11 is 0. The minimum Gasteiger partial charge on any atom is -0.490 e. The number of hydrogen-bond acceptors (Lipinski definition) is 5. The van der Waals surface area contributed by atoms with Gasteiger partial charge in [-0.05, 0) is 44.5 Å². The van der Waals surface area contributed by atoms with Gasteiger partial charge in [0.15, 0.2) is 11.5 Å². The molecule has 0 aliphatic rings. The highest BCUT2D eigenvalue weighted by Gasteiger charge is 2.15. The normalized spacial score (nSPS) is 10.5. The molecule has 0 saturated carbocycles. The number of carbonyl (C=O) groups excluding carboxylic acids is 1. The van der Waals surface area contributed by atoms with Crippen molar-refractivity contribution in [2.24, 2.45) is 0 Å². The van der Waals surface area contributed by atoms with Crippen LogP contribution in [-0.4, -0.2) is 30.2 Å². The van der Waals surface area contributed by atoms with Gasteiger partial charge in [-0.1, -0.05) is 13.3 Å². The number of nitrogens with one attached hydrogen (secondary N) is 1. The lowest BCUT2D eigenvalue weighted by Crippen LogP contribution is -2.22. The molecule has 0 atom stereocenters. The van der Waals surface area contributed by atoms with Gasteiger partial charge >= 0.3 is 5.97 Å². The summed E-state index contributed by atoms with van der Waals surface area (Å²) in [7, 11) is 0. The number of carboxylic acids is 1. The number of carboxylic acid groups (broad SMARTS) is 1. The number of ether oxygens (including phenoxy) is 2. The first-order valence-electron chi connectivity index (χ1n) is 8.96. The summed E-state index contributed by atoms with van der Waals surface area (Å²) in [6.45, 7) is 6.65. The van der Waals surface area contributed by atoms with Crippen molar-refractivity contribution >= 4 is 11.9 Å². The molecule has 2 aromatic rings. The van der Waals surface area contributed by atoms with Gasteiger partial charge in [-0.2, -0.15) is 0 Å². The van der Waals surface area contributed by atoms with Crippen molar-refractivity contribution in [1.29, 1.82) is 0 Å². The Morgan fingerprint density at radius 3 is 2.56 bits per heavy atom. The molecular formula is C20H25NO6. The summed E-state index contributed by atoms with van der Waals surface area (Å²) in [4.78, 5) is 23.5. The second kappa shape index (κ2) is 9.66. The van der Waals surface area contributed by atoms with Crippen molar-refractivity contribution < 1.29 is 28.6 Å². The van der Waals surface area contributed by atoms with Gasteiger partial charge in [0.2, 0.25) is 0 Å². The molecule has 2 N–H and O–H groups in total. The maximum atomic E-state index is 12.4. The van der Waals surface area contributed by atoms with Crippen LogP contribution in [0.4, 0.5) is 0 Å². The lowest BCUT2D eigenvalue weighted by Gasteiger charge is -2.13. The number of amides is 1. The second-order valence-electron chi connectivity index (χ2n) is 5.97. The zero-order valence-electron chi connectivity index (χ0n) is 15.8. The zero-order valence-corrected chi connectivity index (χ0v) is 15.8. The predicted octanol–water partition coefficient (Wildman–Crippen LogP) is 3.79. The van der Waals surface area contributed by atoms with Crippen molar-refractivity contribution in [3.05, 3.63) is 46.9 Å². The number of rotatable bonds is 10. The number of benzene rings is 1. The molecule has 1 heterocycles. The van der Waals surface area contributed by atoms with Crippen LogP contribution in [0.25, 0.3) is 0 Å². The Labute approximate surface area is 158 Å². The Bertz CT molecular complexity index is 796. The van der Waals surface area contributed by atoms with E-state index < -0.39 is 5.97 Å². The molecule has 0 spiro atoms. The summed E-state index contributed by atoms with van der Waals surface area (Å²) in [6, 6.07) is 6.43. The van der Waals surface area contributed by atoms with Crippen molar-refractivity contribution in [2.45, 2.75) is 40.2 Å². The van der Waals surface area contributed by atoms with E-state index in [1.165, 1.54) is 6.07 Å². The number of unbranched alkanes of at least 4 members (excludes halogenated alkanes) is 1. The van der Waals surface area contributed by atoms with Crippen molar-refractivity contribution in [3.8, 4) is 11.5 Å². The van der Waals surface area contributed by atoms with E-state index in [1.54, 1.807) is 25.1 Å². The summed E-state index contributed by atoms with van der Waals surface area (Å²) in [6.07, 6.45) is 1.97. The molecule has 0 radical (unpaired) electrons. The average molecular weight is 375 g/mol. The lowest BCUT2D eigenvalue weighted by molar-refractivity contribution is 0.0694. The van der Waals surface area contributed by atoms with E-state index in [0.29, 0.717) is 41.8 Å². The highest BCUT2D eigenvalue weighted by molar-refractivity contribution is 5.95. The Balaban J connectivity index is 2.05. The molecule has 0 aliphatic heterocycles. The third kappa shape index (κ3) is 5.51. The van der Waals surface area contributed by atoms with Crippen LogP contribution < -0.4 is 14.8 Å². The summed E-state index contributed by atoms with van der Waals surface area (Å²) in [5.41, 5.74) is 0.509. The molecule has 7 nitrogen and oxygen atoms in total. The summed E-state index contributed by atoms with van der Waals surface area (Å²) < 4.78 is 16.6. The molecule has 1 aromatic carbocycles. The van der Waals surface area contributed by atoms with Crippen LogP contribution in [0, 0.1) is 6.92 Å². The molecule has 0 saturated heterocycles. The monoisotopic (exact) mass is 375 g/mol. The zero-order chi connectivity index (χ0) is 19.8. The number of carbonyl (C=O) groups is 2. The van der Waals surface area contributed by atoms with E-state index >= 15 is 0 Å². The van der Waals surface area contributed by atoms with E-state index in [4.69, 9.17) is 19.0 Å². The smallest absolute Gasteiger partial charge is 0.339 e. The molecule has 0 fully saturated rings. The van der Waals surface area contributed by atoms with E-state index in [2.05, 4.69) is 12.2 Å². The predicted molar refractivity (Wildman–Crippen MR) is 99.6 cm³/mol. The number of aromatic carboxylic acids is 1. The third-order valence-electron chi connectivity index (χ3n) is 3.88. The van der Waals surface area contributed by atoms with Gasteiger partial charge in [0.1, 0.15) is 17.1 Å². The Hall–Kier alpha value is -2.96. The SMILES string of the molecule is CCCCOc1ccc(C(=O)NCc2cc(C(=O)O)c(C)o2)cc1OCC. The van der Waals surface area contributed by atoms with Gasteiger partial charge in [-0.15, -0.1) is 0 Å². The topological polar surface area (TPSA) is 98.0 Å². The minimum atomic E-state index is -1.06. The first-order valence-corrected chi connectivity index (χ1v) is 8.96. The van der Waals surface area contributed by atoms with Crippen molar-refractivity contribution in [3.63, 3.8) is 0 Å². The third-order valence-corrected chi connectivity index (χ3v) is 3.88. The van der Waals surface area contributed by atoms with E-state index in [-0.39, 0.29) is 18.0 Å². The molecule has 0 aliphatic carbocycles. The van der Waals surface area contributed by atoms with E-state index in [0.717, 1.165) is 12.8 Å². The van der Waals surface area contributed by atoms with Crippen LogP contribution in [-0.2, 0) is 6.54 Å². The Kier molecular flexibility index (Phi) is 7.28. The van der Waals surface area contributed by atoms with Crippen molar-refractivity contribution in [2.75, 3.05) is 13.2 Å². The van der Waals surface area contributed by atoms with Gasteiger partial charge in [-0.3, -0.25) is 4.79 Å². The summed E-state index contributed by atoms with van der Waals surface area (Å²) in [5.74, 6) is 0.426. The maximum absolute atomic E-state index is 12.4. The fourth-order valence-electron chi connectivity index (χ4n) is 2.48. The van der Waals surface area contributed by atoms with Gasteiger partial charge in [0, 0.05) is 5.56 Å². The minimum absolute atomic E-state index is 0.0890. The molecule has 1 amide bonds. The van der Waals surface area contributed by atoms with E-state index in [9.17, 15) is 9.59 Å². The summed E-state index contributed by atoms with van der Waals surface area (Å²) in [5, 5.41) is 11.8. The number of furan rings is 1. The van der Waals surface area contributed by atoms with Crippen LogP contribution in [0.5, 0.6) is 11.5 Å². The molecular weight excluding hydrogens is 350 g/mol. The second-order valence-corrected chi connectivity index (χ2v) is 5.97. The van der Waals surface area contributed by atoms with Crippen molar-refractivity contribution in [1.82, 2.24) is 5.32 Å². The molecule has 7 heteroatoms. The Morgan fingerprint density at radius 1 is 1.15 bits per heavy atom. The number of hydrogen-bond donors (Lipinski definition) is 2. The lowest BCUT2D eigenvalue weighted by atomic mass is 10.2. The standard InChI is InChI=1S/C20H25NO6/c1-4-6-9-26-17-8-7-14(10-18(17)25-5-2)19(22)21-12-15-11-16(20(23)24)13(3)27-15/h7-8,10-11H,4-6,9,12H2,1-3H3,(H,21,22)(H,23,24). The first kappa shape index (κ1) is 20.4. The van der Waals surface area contributed by atoms with Gasteiger partial charge in [0.25, 0.3) is 5.91 Å². The number of aryl methyl sites for hydroxylation is 1. The molecule has 146 valence electrons. The average Bonchev–Trinajstić information content (AvgIpc) is 3.02. The van der Waals surface area contributed by atoms with Gasteiger partial charge < -0.3 is 24.3 Å².